The van der Waals surface area contributed by atoms with Crippen LogP contribution in [0, 0.1) is 5.41 Å². The Morgan fingerprint density at radius 2 is 1.86 bits per heavy atom. The monoisotopic (exact) mass is 192 g/mol. The molecule has 76 valence electrons. The van der Waals surface area contributed by atoms with Crippen LogP contribution in [0.15, 0.2) is 11.1 Å². The van der Waals surface area contributed by atoms with E-state index in [1.165, 1.54) is 0 Å². The van der Waals surface area contributed by atoms with E-state index in [0.29, 0.717) is 18.6 Å². The van der Waals surface area contributed by atoms with Crippen molar-refractivity contribution >= 4 is 11.6 Å². The van der Waals surface area contributed by atoms with Crippen LogP contribution >= 0.6 is 0 Å². The van der Waals surface area contributed by atoms with Crippen molar-refractivity contribution in [3.8, 4) is 0 Å². The molecule has 0 saturated heterocycles. The van der Waals surface area contributed by atoms with Gasteiger partial charge >= 0.3 is 0 Å². The van der Waals surface area contributed by atoms with E-state index in [1.54, 1.807) is 0 Å². The molecule has 0 aromatic heterocycles. The molecule has 1 fully saturated rings. The van der Waals surface area contributed by atoms with Gasteiger partial charge in [-0.05, 0) is 38.7 Å². The van der Waals surface area contributed by atoms with Crippen LogP contribution in [0.1, 0.15) is 46.0 Å². The highest BCUT2D eigenvalue weighted by Crippen LogP contribution is 2.46. The second-order valence-electron chi connectivity index (χ2n) is 4.64. The number of carbonyl (C=O) groups is 2. The van der Waals surface area contributed by atoms with Gasteiger partial charge in [-0.15, -0.1) is 0 Å². The molecule has 0 unspecified atom stereocenters. The number of hydrogen-bond acceptors (Lipinski definition) is 2. The van der Waals surface area contributed by atoms with E-state index in [4.69, 9.17) is 0 Å². The van der Waals surface area contributed by atoms with Gasteiger partial charge in [0.05, 0.1) is 0 Å². The molecule has 2 aliphatic carbocycles. The highest BCUT2D eigenvalue weighted by atomic mass is 16.1. The molecular formula is C12H16O2. The van der Waals surface area contributed by atoms with Crippen LogP contribution < -0.4 is 0 Å². The summed E-state index contributed by atoms with van der Waals surface area (Å²) in [6.07, 6.45) is 3.85. The van der Waals surface area contributed by atoms with Crippen molar-refractivity contribution in [2.45, 2.75) is 46.0 Å². The Morgan fingerprint density at radius 3 is 2.57 bits per heavy atom. The third-order valence-electron chi connectivity index (χ3n) is 3.84. The quantitative estimate of drug-likeness (QED) is 0.590. The highest BCUT2D eigenvalue weighted by Gasteiger charge is 2.43. The van der Waals surface area contributed by atoms with Crippen molar-refractivity contribution in [3.63, 3.8) is 0 Å². The number of allylic oxidation sites excluding steroid dienone is 2. The van der Waals surface area contributed by atoms with Crippen LogP contribution in [0.25, 0.3) is 0 Å². The van der Waals surface area contributed by atoms with Gasteiger partial charge in [-0.1, -0.05) is 5.57 Å². The molecule has 0 aromatic rings. The standard InChI is InChI=1S/C12H16O2/c1-8-9-4-3-5-11(14)12(9,2)7-6-10(8)13/h3-7H2,1-2H3/t12-/m0/s1. The predicted octanol–water partition coefficient (Wildman–Crippen LogP) is 2.43. The van der Waals surface area contributed by atoms with Crippen LogP contribution in [0.3, 0.4) is 0 Å². The Balaban J connectivity index is 2.50. The van der Waals surface area contributed by atoms with E-state index in [0.717, 1.165) is 30.4 Å². The number of carbonyl (C=O) groups excluding carboxylic acids is 2. The maximum absolute atomic E-state index is 11.9. The minimum Gasteiger partial charge on any atom is -0.299 e. The Morgan fingerprint density at radius 1 is 1.14 bits per heavy atom. The van der Waals surface area contributed by atoms with Crippen molar-refractivity contribution in [3.05, 3.63) is 11.1 Å². The molecule has 0 heterocycles. The van der Waals surface area contributed by atoms with Gasteiger partial charge in [0.1, 0.15) is 5.78 Å². The Bertz CT molecular complexity index is 338. The molecule has 0 aliphatic heterocycles. The van der Waals surface area contributed by atoms with Crippen molar-refractivity contribution in [1.29, 1.82) is 0 Å². The van der Waals surface area contributed by atoms with Crippen LogP contribution in [0.5, 0.6) is 0 Å². The molecular weight excluding hydrogens is 176 g/mol. The first kappa shape index (κ1) is 9.63. The molecule has 0 aromatic carbocycles. The number of rotatable bonds is 0. The predicted molar refractivity (Wildman–Crippen MR) is 53.9 cm³/mol. The van der Waals surface area contributed by atoms with Gasteiger partial charge < -0.3 is 0 Å². The molecule has 0 amide bonds. The van der Waals surface area contributed by atoms with Gasteiger partial charge in [0.25, 0.3) is 0 Å². The summed E-state index contributed by atoms with van der Waals surface area (Å²) in [5.74, 6) is 0.581. The lowest BCUT2D eigenvalue weighted by atomic mass is 9.63. The third kappa shape index (κ3) is 1.17. The first-order chi connectivity index (χ1) is 6.55. The van der Waals surface area contributed by atoms with Crippen LogP contribution in [-0.4, -0.2) is 11.6 Å². The zero-order valence-electron chi connectivity index (χ0n) is 8.85. The molecule has 2 rings (SSSR count). The number of hydrogen-bond donors (Lipinski definition) is 0. The van der Waals surface area contributed by atoms with Gasteiger partial charge in [-0.3, -0.25) is 9.59 Å². The molecule has 0 radical (unpaired) electrons. The summed E-state index contributed by atoms with van der Waals surface area (Å²) < 4.78 is 0. The van der Waals surface area contributed by atoms with E-state index in [9.17, 15) is 9.59 Å². The maximum Gasteiger partial charge on any atom is 0.158 e. The average molecular weight is 192 g/mol. The fourth-order valence-electron chi connectivity index (χ4n) is 2.76. The normalized spacial score (nSPS) is 33.3. The van der Waals surface area contributed by atoms with Crippen LogP contribution in [-0.2, 0) is 9.59 Å². The summed E-state index contributed by atoms with van der Waals surface area (Å²) in [6, 6.07) is 0. The summed E-state index contributed by atoms with van der Waals surface area (Å²) in [5, 5.41) is 0. The minimum absolute atomic E-state index is 0.243. The van der Waals surface area contributed by atoms with Gasteiger partial charge in [0.2, 0.25) is 0 Å². The van der Waals surface area contributed by atoms with Crippen molar-refractivity contribution in [2.24, 2.45) is 5.41 Å². The summed E-state index contributed by atoms with van der Waals surface area (Å²) in [7, 11) is 0. The summed E-state index contributed by atoms with van der Waals surface area (Å²) in [6.45, 7) is 3.90. The zero-order chi connectivity index (χ0) is 10.3. The molecule has 0 spiro atoms. The lowest BCUT2D eigenvalue weighted by Gasteiger charge is -2.39. The second kappa shape index (κ2) is 3.04. The zero-order valence-corrected chi connectivity index (χ0v) is 8.85. The smallest absolute Gasteiger partial charge is 0.158 e. The van der Waals surface area contributed by atoms with Crippen molar-refractivity contribution in [2.75, 3.05) is 0 Å². The molecule has 1 atom stereocenters. The van der Waals surface area contributed by atoms with Crippen LogP contribution in [0.2, 0.25) is 0 Å². The number of Topliss-reactive ketones (excluding diaryl/α,β-unsaturated/α-hetero) is 2. The van der Waals surface area contributed by atoms with E-state index >= 15 is 0 Å². The van der Waals surface area contributed by atoms with E-state index in [-0.39, 0.29) is 11.2 Å². The fourth-order valence-corrected chi connectivity index (χ4v) is 2.76. The average Bonchev–Trinajstić information content (AvgIpc) is 2.16. The van der Waals surface area contributed by atoms with E-state index < -0.39 is 0 Å². The first-order valence-corrected chi connectivity index (χ1v) is 5.32. The van der Waals surface area contributed by atoms with Gasteiger partial charge in [0.15, 0.2) is 5.78 Å². The lowest BCUT2D eigenvalue weighted by Crippen LogP contribution is -2.38. The first-order valence-electron chi connectivity index (χ1n) is 5.32. The molecule has 0 N–H and O–H groups in total. The molecule has 14 heavy (non-hydrogen) atoms. The molecule has 2 nitrogen and oxygen atoms in total. The highest BCUT2D eigenvalue weighted by molar-refractivity contribution is 6.01. The van der Waals surface area contributed by atoms with E-state index in [2.05, 4.69) is 0 Å². The molecule has 0 bridgehead atoms. The van der Waals surface area contributed by atoms with Crippen molar-refractivity contribution < 1.29 is 9.59 Å². The largest absolute Gasteiger partial charge is 0.299 e. The summed E-state index contributed by atoms with van der Waals surface area (Å²) in [5.41, 5.74) is 1.70. The lowest BCUT2D eigenvalue weighted by molar-refractivity contribution is -0.129. The SMILES string of the molecule is CC1=C2CCCC(=O)[C@@]2(C)CCC1=O. The molecule has 2 heteroatoms. The summed E-state index contributed by atoms with van der Waals surface area (Å²) in [4.78, 5) is 23.4. The summed E-state index contributed by atoms with van der Waals surface area (Å²) >= 11 is 0. The minimum atomic E-state index is -0.295. The second-order valence-corrected chi connectivity index (χ2v) is 4.64. The van der Waals surface area contributed by atoms with Crippen molar-refractivity contribution in [1.82, 2.24) is 0 Å². The Kier molecular flexibility index (Phi) is 2.09. The Labute approximate surface area is 84.4 Å². The van der Waals surface area contributed by atoms with Gasteiger partial charge in [-0.2, -0.15) is 0 Å². The van der Waals surface area contributed by atoms with Gasteiger partial charge in [-0.25, -0.2) is 0 Å². The fraction of sp³-hybridized carbons (Fsp3) is 0.667. The van der Waals surface area contributed by atoms with E-state index in [1.807, 2.05) is 13.8 Å². The maximum atomic E-state index is 11.9. The number of ketones is 2. The van der Waals surface area contributed by atoms with Gasteiger partial charge in [0, 0.05) is 18.3 Å². The Hall–Kier alpha value is -0.920. The third-order valence-corrected chi connectivity index (χ3v) is 3.84. The molecule has 1 saturated carbocycles. The van der Waals surface area contributed by atoms with Crippen LogP contribution in [0.4, 0.5) is 0 Å². The molecule has 2 aliphatic rings. The number of fused-ring (bicyclic) bond motifs is 1. The topological polar surface area (TPSA) is 34.1 Å².